The normalized spacial score (nSPS) is 13.8. The molecule has 2 aromatic rings. The third-order valence-corrected chi connectivity index (χ3v) is 4.02. The SMILES string of the molecule is CC(C)(C)OC(=O)N1Cc2cc(Br)ccc2-n2nnc(C=O)c2C1. The molecular formula is C16H17BrN4O3. The summed E-state index contributed by atoms with van der Waals surface area (Å²) < 4.78 is 7.98. The Morgan fingerprint density at radius 3 is 2.75 bits per heavy atom. The molecular weight excluding hydrogens is 376 g/mol. The maximum Gasteiger partial charge on any atom is 0.410 e. The van der Waals surface area contributed by atoms with Gasteiger partial charge in [-0.05, 0) is 44.5 Å². The standard InChI is InChI=1S/C16H17BrN4O3/c1-16(2,3)24-15(23)20-7-10-6-11(17)4-5-13(10)21-14(8-20)12(9-22)18-19-21/h4-6,9H,7-8H2,1-3H3. The number of amides is 1. The van der Waals surface area contributed by atoms with Crippen LogP contribution in [0.3, 0.4) is 0 Å². The van der Waals surface area contributed by atoms with Gasteiger partial charge in [-0.25, -0.2) is 9.48 Å². The van der Waals surface area contributed by atoms with Crippen LogP contribution in [0.1, 0.15) is 42.5 Å². The van der Waals surface area contributed by atoms with Crippen LogP contribution in [0.25, 0.3) is 5.69 Å². The van der Waals surface area contributed by atoms with Gasteiger partial charge in [0.1, 0.15) is 5.60 Å². The summed E-state index contributed by atoms with van der Waals surface area (Å²) in [4.78, 5) is 25.4. The Kier molecular flexibility index (Phi) is 4.16. The molecule has 0 radical (unpaired) electrons. The Hall–Kier alpha value is -2.22. The van der Waals surface area contributed by atoms with E-state index in [0.29, 0.717) is 18.5 Å². The highest BCUT2D eigenvalue weighted by atomic mass is 79.9. The van der Waals surface area contributed by atoms with Crippen molar-refractivity contribution in [2.24, 2.45) is 0 Å². The molecule has 2 heterocycles. The van der Waals surface area contributed by atoms with Crippen LogP contribution >= 0.6 is 15.9 Å². The number of aldehydes is 1. The largest absolute Gasteiger partial charge is 0.444 e. The number of hydrogen-bond donors (Lipinski definition) is 0. The summed E-state index contributed by atoms with van der Waals surface area (Å²) in [5, 5.41) is 7.97. The quantitative estimate of drug-likeness (QED) is 0.696. The van der Waals surface area contributed by atoms with Crippen molar-refractivity contribution in [3.05, 3.63) is 39.6 Å². The van der Waals surface area contributed by atoms with Crippen LogP contribution in [-0.2, 0) is 17.8 Å². The van der Waals surface area contributed by atoms with Crippen LogP contribution in [0.5, 0.6) is 0 Å². The highest BCUT2D eigenvalue weighted by Crippen LogP contribution is 2.28. The Bertz CT molecular complexity index is 810. The number of carbonyl (C=O) groups is 2. The van der Waals surface area contributed by atoms with Crippen molar-refractivity contribution in [1.82, 2.24) is 19.9 Å². The number of aromatic nitrogens is 3. The zero-order valence-corrected chi connectivity index (χ0v) is 15.2. The zero-order chi connectivity index (χ0) is 17.5. The van der Waals surface area contributed by atoms with Crippen LogP contribution in [0.15, 0.2) is 22.7 Å². The van der Waals surface area contributed by atoms with E-state index in [1.807, 2.05) is 39.0 Å². The monoisotopic (exact) mass is 392 g/mol. The number of fused-ring (bicyclic) bond motifs is 3. The fourth-order valence-corrected chi connectivity index (χ4v) is 2.94. The molecule has 0 bridgehead atoms. The highest BCUT2D eigenvalue weighted by molar-refractivity contribution is 9.10. The summed E-state index contributed by atoms with van der Waals surface area (Å²) in [7, 11) is 0. The highest BCUT2D eigenvalue weighted by Gasteiger charge is 2.29. The summed E-state index contributed by atoms with van der Waals surface area (Å²) in [5.41, 5.74) is 1.86. The van der Waals surface area contributed by atoms with Gasteiger partial charge in [-0.3, -0.25) is 9.69 Å². The average molecular weight is 393 g/mol. The zero-order valence-electron chi connectivity index (χ0n) is 13.6. The molecule has 7 nitrogen and oxygen atoms in total. The molecule has 8 heteroatoms. The molecule has 1 amide bonds. The molecule has 1 aromatic carbocycles. The molecule has 0 saturated heterocycles. The van der Waals surface area contributed by atoms with Crippen molar-refractivity contribution in [3.63, 3.8) is 0 Å². The molecule has 0 saturated carbocycles. The molecule has 126 valence electrons. The minimum Gasteiger partial charge on any atom is -0.444 e. The lowest BCUT2D eigenvalue weighted by Gasteiger charge is -2.26. The van der Waals surface area contributed by atoms with E-state index in [1.165, 1.54) is 0 Å². The number of rotatable bonds is 1. The van der Waals surface area contributed by atoms with Crippen LogP contribution in [0, 0.1) is 0 Å². The van der Waals surface area contributed by atoms with Crippen molar-refractivity contribution < 1.29 is 14.3 Å². The van der Waals surface area contributed by atoms with Crippen molar-refractivity contribution in [3.8, 4) is 5.69 Å². The molecule has 0 spiro atoms. The first-order valence-electron chi connectivity index (χ1n) is 7.45. The smallest absolute Gasteiger partial charge is 0.410 e. The molecule has 0 unspecified atom stereocenters. The van der Waals surface area contributed by atoms with Gasteiger partial charge in [0.15, 0.2) is 12.0 Å². The van der Waals surface area contributed by atoms with Crippen molar-refractivity contribution in [1.29, 1.82) is 0 Å². The van der Waals surface area contributed by atoms with Gasteiger partial charge in [0, 0.05) is 4.47 Å². The third-order valence-electron chi connectivity index (χ3n) is 3.53. The van der Waals surface area contributed by atoms with Crippen LogP contribution < -0.4 is 0 Å². The first kappa shape index (κ1) is 16.6. The van der Waals surface area contributed by atoms with Gasteiger partial charge in [-0.1, -0.05) is 21.1 Å². The van der Waals surface area contributed by atoms with Crippen LogP contribution in [0.4, 0.5) is 4.79 Å². The van der Waals surface area contributed by atoms with Crippen LogP contribution in [0.2, 0.25) is 0 Å². The minimum atomic E-state index is -0.602. The summed E-state index contributed by atoms with van der Waals surface area (Å²) >= 11 is 3.44. The van der Waals surface area contributed by atoms with Crippen molar-refractivity contribution in [2.75, 3.05) is 0 Å². The van der Waals surface area contributed by atoms with Gasteiger partial charge in [0.2, 0.25) is 0 Å². The Morgan fingerprint density at radius 2 is 2.08 bits per heavy atom. The van der Waals surface area contributed by atoms with Gasteiger partial charge in [-0.2, -0.15) is 0 Å². The Labute approximate surface area is 147 Å². The Balaban J connectivity index is 2.08. The van der Waals surface area contributed by atoms with Gasteiger partial charge >= 0.3 is 6.09 Å². The molecule has 0 atom stereocenters. The van der Waals surface area contributed by atoms with E-state index in [9.17, 15) is 9.59 Å². The minimum absolute atomic E-state index is 0.197. The summed E-state index contributed by atoms with van der Waals surface area (Å²) in [5.74, 6) is 0. The van der Waals surface area contributed by atoms with E-state index in [1.54, 1.807) is 9.58 Å². The van der Waals surface area contributed by atoms with E-state index in [-0.39, 0.29) is 12.2 Å². The second-order valence-electron chi connectivity index (χ2n) is 6.56. The lowest BCUT2D eigenvalue weighted by molar-refractivity contribution is 0.0216. The van der Waals surface area contributed by atoms with Crippen molar-refractivity contribution in [2.45, 2.75) is 39.5 Å². The van der Waals surface area contributed by atoms with Gasteiger partial charge in [0.25, 0.3) is 0 Å². The van der Waals surface area contributed by atoms with Gasteiger partial charge in [-0.15, -0.1) is 5.10 Å². The van der Waals surface area contributed by atoms with E-state index in [0.717, 1.165) is 15.7 Å². The van der Waals surface area contributed by atoms with Gasteiger partial charge < -0.3 is 4.74 Å². The number of ether oxygens (including phenoxy) is 1. The van der Waals surface area contributed by atoms with E-state index < -0.39 is 11.7 Å². The maximum atomic E-state index is 12.5. The van der Waals surface area contributed by atoms with Gasteiger partial charge in [0.05, 0.1) is 24.5 Å². The lowest BCUT2D eigenvalue weighted by Crippen LogP contribution is -2.35. The predicted octanol–water partition coefficient (Wildman–Crippen LogP) is 3.09. The fraction of sp³-hybridized carbons (Fsp3) is 0.375. The predicted molar refractivity (Wildman–Crippen MR) is 89.9 cm³/mol. The number of nitrogens with zero attached hydrogens (tertiary/aromatic N) is 4. The first-order valence-corrected chi connectivity index (χ1v) is 8.24. The molecule has 1 aliphatic rings. The first-order chi connectivity index (χ1) is 11.3. The molecule has 0 N–H and O–H groups in total. The molecule has 3 rings (SSSR count). The number of benzene rings is 1. The fourth-order valence-electron chi connectivity index (χ4n) is 2.53. The second kappa shape index (κ2) is 6.01. The third kappa shape index (κ3) is 3.19. The number of halogens is 1. The van der Waals surface area contributed by atoms with Crippen molar-refractivity contribution >= 4 is 28.3 Å². The maximum absolute atomic E-state index is 12.5. The molecule has 0 fully saturated rings. The van der Waals surface area contributed by atoms with E-state index in [2.05, 4.69) is 26.2 Å². The average Bonchev–Trinajstić information content (AvgIpc) is 2.80. The summed E-state index contributed by atoms with van der Waals surface area (Å²) in [6, 6.07) is 5.68. The van der Waals surface area contributed by atoms with E-state index in [4.69, 9.17) is 4.74 Å². The molecule has 1 aromatic heterocycles. The number of hydrogen-bond acceptors (Lipinski definition) is 5. The van der Waals surface area contributed by atoms with E-state index >= 15 is 0 Å². The topological polar surface area (TPSA) is 77.3 Å². The second-order valence-corrected chi connectivity index (χ2v) is 7.48. The molecule has 0 aliphatic carbocycles. The molecule has 24 heavy (non-hydrogen) atoms. The lowest BCUT2D eigenvalue weighted by atomic mass is 10.1. The number of carbonyl (C=O) groups excluding carboxylic acids is 2. The summed E-state index contributed by atoms with van der Waals surface area (Å²) in [6.45, 7) is 6.00. The van der Waals surface area contributed by atoms with Crippen LogP contribution in [-0.4, -0.2) is 37.9 Å². The Morgan fingerprint density at radius 1 is 1.33 bits per heavy atom. The summed E-state index contributed by atoms with van der Waals surface area (Å²) in [6.07, 6.45) is 0.204. The molecule has 1 aliphatic heterocycles.